The molecule has 5 nitrogen and oxygen atoms in total. The topological polar surface area (TPSA) is 52.8 Å². The fourth-order valence-electron chi connectivity index (χ4n) is 4.12. The number of hydrogen-bond donors (Lipinski definition) is 1. The van der Waals surface area contributed by atoms with Crippen LogP contribution < -0.4 is 10.6 Å². The number of likely N-dealkylation sites (N-methyl/N-ethyl adjacent to an activating group) is 1. The summed E-state index contributed by atoms with van der Waals surface area (Å²) in [6.45, 7) is 9.34. The van der Waals surface area contributed by atoms with Crippen molar-refractivity contribution >= 4 is 11.6 Å². The highest BCUT2D eigenvalue weighted by molar-refractivity contribution is 5.95. The predicted molar refractivity (Wildman–Crippen MR) is 103 cm³/mol. The molecule has 0 aliphatic carbocycles. The quantitative estimate of drug-likeness (QED) is 0.893. The molecule has 1 amide bonds. The average Bonchev–Trinajstić information content (AvgIpc) is 2.67. The van der Waals surface area contributed by atoms with Crippen LogP contribution in [-0.2, 0) is 0 Å². The van der Waals surface area contributed by atoms with Gasteiger partial charge in [-0.2, -0.15) is 0 Å². The Labute approximate surface area is 155 Å². The molecule has 2 atom stereocenters. The van der Waals surface area contributed by atoms with Gasteiger partial charge in [0.15, 0.2) is 0 Å². The Balaban J connectivity index is 1.73. The van der Waals surface area contributed by atoms with E-state index in [0.717, 1.165) is 52.0 Å². The lowest BCUT2D eigenvalue weighted by atomic mass is 9.96. The van der Waals surface area contributed by atoms with Gasteiger partial charge in [-0.3, -0.25) is 4.79 Å². The van der Waals surface area contributed by atoms with Crippen LogP contribution in [0.4, 0.5) is 10.1 Å². The van der Waals surface area contributed by atoms with E-state index in [1.54, 1.807) is 12.1 Å². The average molecular weight is 362 g/mol. The van der Waals surface area contributed by atoms with Gasteiger partial charge in [-0.1, -0.05) is 6.92 Å². The summed E-state index contributed by atoms with van der Waals surface area (Å²) in [4.78, 5) is 19.2. The van der Waals surface area contributed by atoms with Crippen molar-refractivity contribution < 1.29 is 9.18 Å². The zero-order valence-electron chi connectivity index (χ0n) is 16.0. The second-order valence-corrected chi connectivity index (χ2v) is 7.51. The van der Waals surface area contributed by atoms with Gasteiger partial charge < -0.3 is 20.4 Å². The maximum Gasteiger partial charge on any atom is 0.254 e. The monoisotopic (exact) mass is 362 g/mol. The van der Waals surface area contributed by atoms with E-state index in [1.807, 2.05) is 11.8 Å². The Morgan fingerprint density at radius 2 is 1.96 bits per heavy atom. The Hall–Kier alpha value is -1.66. The minimum Gasteiger partial charge on any atom is -0.367 e. The number of benzene rings is 1. The third-order valence-corrected chi connectivity index (χ3v) is 5.77. The van der Waals surface area contributed by atoms with Crippen molar-refractivity contribution in [3.8, 4) is 0 Å². The van der Waals surface area contributed by atoms with Gasteiger partial charge in [0, 0.05) is 50.4 Å². The Kier molecular flexibility index (Phi) is 6.14. The van der Waals surface area contributed by atoms with Crippen LogP contribution in [0.2, 0.25) is 0 Å². The minimum atomic E-state index is -0.310. The number of carbonyl (C=O) groups excluding carboxylic acids is 1. The summed E-state index contributed by atoms with van der Waals surface area (Å²) in [5.41, 5.74) is 7.09. The number of rotatable bonds is 4. The third kappa shape index (κ3) is 4.01. The van der Waals surface area contributed by atoms with E-state index in [0.29, 0.717) is 17.8 Å². The van der Waals surface area contributed by atoms with Gasteiger partial charge >= 0.3 is 0 Å². The van der Waals surface area contributed by atoms with Crippen LogP contribution in [0.1, 0.15) is 43.5 Å². The van der Waals surface area contributed by atoms with Gasteiger partial charge in [0.2, 0.25) is 0 Å². The first-order chi connectivity index (χ1) is 12.5. The summed E-state index contributed by atoms with van der Waals surface area (Å²) in [6.07, 6.45) is 3.00. The number of hydrogen-bond acceptors (Lipinski definition) is 4. The molecule has 1 aromatic carbocycles. The molecular weight excluding hydrogens is 331 g/mol. The number of nitrogens with two attached hydrogens (primary N) is 1. The fraction of sp³-hybridized carbons (Fsp3) is 0.650. The lowest BCUT2D eigenvalue weighted by molar-refractivity contribution is 0.0583. The second-order valence-electron chi connectivity index (χ2n) is 7.51. The first kappa shape index (κ1) is 19.1. The minimum absolute atomic E-state index is 0.0427. The van der Waals surface area contributed by atoms with E-state index in [9.17, 15) is 9.18 Å². The van der Waals surface area contributed by atoms with E-state index in [1.165, 1.54) is 6.07 Å². The predicted octanol–water partition coefficient (Wildman–Crippen LogP) is 2.31. The smallest absolute Gasteiger partial charge is 0.254 e. The highest BCUT2D eigenvalue weighted by Crippen LogP contribution is 2.25. The van der Waals surface area contributed by atoms with Gasteiger partial charge in [0.1, 0.15) is 5.82 Å². The normalized spacial score (nSPS) is 23.2. The van der Waals surface area contributed by atoms with Gasteiger partial charge in [-0.05, 0) is 50.9 Å². The highest BCUT2D eigenvalue weighted by atomic mass is 19.1. The molecule has 2 aliphatic heterocycles. The van der Waals surface area contributed by atoms with Crippen LogP contribution in [0.15, 0.2) is 18.2 Å². The van der Waals surface area contributed by atoms with Crippen LogP contribution in [0, 0.1) is 5.82 Å². The van der Waals surface area contributed by atoms with Crippen molar-refractivity contribution in [2.24, 2.45) is 5.73 Å². The summed E-state index contributed by atoms with van der Waals surface area (Å²) in [5, 5.41) is 0. The van der Waals surface area contributed by atoms with Gasteiger partial charge in [-0.15, -0.1) is 0 Å². The molecule has 26 heavy (non-hydrogen) atoms. The first-order valence-electron chi connectivity index (χ1n) is 9.84. The third-order valence-electron chi connectivity index (χ3n) is 5.77. The SMILES string of the molecule is CCN1CCN(c2ccc(C(=O)N3CCCCC3C(C)N)cc2F)CC1. The van der Waals surface area contributed by atoms with E-state index < -0.39 is 0 Å². The number of likely N-dealkylation sites (tertiary alicyclic amines) is 1. The molecule has 6 heteroatoms. The molecule has 2 saturated heterocycles. The van der Waals surface area contributed by atoms with E-state index >= 15 is 0 Å². The van der Waals surface area contributed by atoms with Crippen LogP contribution >= 0.6 is 0 Å². The van der Waals surface area contributed by atoms with Crippen LogP contribution in [0.25, 0.3) is 0 Å². The standard InChI is InChI=1S/C20H31FN4O/c1-3-23-10-12-24(13-11-23)19-8-7-16(14-17(19)21)20(26)25-9-5-4-6-18(25)15(2)22/h7-8,14-15,18H,3-6,9-13,22H2,1-2H3. The molecule has 0 aromatic heterocycles. The zero-order valence-corrected chi connectivity index (χ0v) is 16.0. The van der Waals surface area contributed by atoms with Crippen LogP contribution in [-0.4, -0.2) is 67.1 Å². The molecule has 2 aliphatic rings. The maximum atomic E-state index is 14.7. The summed E-state index contributed by atoms with van der Waals surface area (Å²) < 4.78 is 14.7. The fourth-order valence-corrected chi connectivity index (χ4v) is 4.12. The lowest BCUT2D eigenvalue weighted by Gasteiger charge is -2.38. The summed E-state index contributed by atoms with van der Waals surface area (Å²) in [5.74, 6) is -0.414. The van der Waals surface area contributed by atoms with Gasteiger partial charge in [0.05, 0.1) is 5.69 Å². The number of nitrogens with zero attached hydrogens (tertiary/aromatic N) is 3. The summed E-state index contributed by atoms with van der Waals surface area (Å²) in [7, 11) is 0. The van der Waals surface area contributed by atoms with Crippen molar-refractivity contribution in [3.63, 3.8) is 0 Å². The molecule has 1 aromatic rings. The molecule has 2 heterocycles. The summed E-state index contributed by atoms with van der Waals surface area (Å²) in [6, 6.07) is 4.89. The number of piperazine rings is 1. The van der Waals surface area contributed by atoms with Gasteiger partial charge in [-0.25, -0.2) is 4.39 Å². The molecule has 0 spiro atoms. The largest absolute Gasteiger partial charge is 0.367 e. The Bertz CT molecular complexity index is 628. The number of piperidine rings is 1. The van der Waals surface area contributed by atoms with Crippen molar-refractivity contribution in [2.75, 3.05) is 44.2 Å². The lowest BCUT2D eigenvalue weighted by Crippen LogP contribution is -2.51. The van der Waals surface area contributed by atoms with Crippen molar-refractivity contribution in [1.29, 1.82) is 0 Å². The summed E-state index contributed by atoms with van der Waals surface area (Å²) >= 11 is 0. The number of halogens is 1. The highest BCUT2D eigenvalue weighted by Gasteiger charge is 2.30. The molecule has 0 radical (unpaired) electrons. The molecule has 3 rings (SSSR count). The molecule has 0 saturated carbocycles. The Morgan fingerprint density at radius 3 is 2.58 bits per heavy atom. The maximum absolute atomic E-state index is 14.7. The molecule has 2 N–H and O–H groups in total. The zero-order chi connectivity index (χ0) is 18.7. The number of anilines is 1. The number of amides is 1. The Morgan fingerprint density at radius 1 is 1.23 bits per heavy atom. The van der Waals surface area contributed by atoms with Crippen LogP contribution in [0.3, 0.4) is 0 Å². The van der Waals surface area contributed by atoms with E-state index in [4.69, 9.17) is 5.73 Å². The molecular formula is C20H31FN4O. The van der Waals surface area contributed by atoms with E-state index in [-0.39, 0.29) is 23.8 Å². The molecule has 0 bridgehead atoms. The van der Waals surface area contributed by atoms with Crippen molar-refractivity contribution in [2.45, 2.75) is 45.2 Å². The van der Waals surface area contributed by atoms with Crippen molar-refractivity contribution in [3.05, 3.63) is 29.6 Å². The molecule has 2 unspecified atom stereocenters. The van der Waals surface area contributed by atoms with Crippen molar-refractivity contribution in [1.82, 2.24) is 9.80 Å². The first-order valence-corrected chi connectivity index (χ1v) is 9.84. The second kappa shape index (κ2) is 8.35. The number of carbonyl (C=O) groups is 1. The van der Waals surface area contributed by atoms with E-state index in [2.05, 4.69) is 16.7 Å². The van der Waals surface area contributed by atoms with Crippen LogP contribution in [0.5, 0.6) is 0 Å². The van der Waals surface area contributed by atoms with Gasteiger partial charge in [0.25, 0.3) is 5.91 Å². The molecule has 144 valence electrons. The molecule has 2 fully saturated rings.